The molecule has 0 heterocycles. The minimum absolute atomic E-state index is 0.0984. The number of carbonyl (C=O) groups excluding carboxylic acids is 2. The Morgan fingerprint density at radius 3 is 2.10 bits per heavy atom. The lowest BCUT2D eigenvalue weighted by Gasteiger charge is -2.17. The summed E-state index contributed by atoms with van der Waals surface area (Å²) in [6.45, 7) is 8.45. The molecule has 5 heteroatoms. The van der Waals surface area contributed by atoms with Crippen LogP contribution in [0.4, 0.5) is 0 Å². The molecule has 1 unspecified atom stereocenters. The van der Waals surface area contributed by atoms with Gasteiger partial charge in [0, 0.05) is 0 Å². The standard InChI is InChI=1S/C20H22O4.C4H11N/c1-2-3-5-14-18(19(22)16-12-8-9-13-17(16)21)24-20(23)15-10-6-4-7-11-15;1-3-5-4-2/h4,6-13,18,21H,2-3,5,14H2,1H3;5H,3-4H2,1-2H3. The van der Waals surface area contributed by atoms with Gasteiger partial charge >= 0.3 is 5.97 Å². The predicted molar refractivity (Wildman–Crippen MR) is 116 cm³/mol. The zero-order chi connectivity index (χ0) is 21.5. The second-order valence-electron chi connectivity index (χ2n) is 6.59. The molecule has 0 amide bonds. The van der Waals surface area contributed by atoms with Crippen LogP contribution >= 0.6 is 0 Å². The van der Waals surface area contributed by atoms with E-state index in [4.69, 9.17) is 4.74 Å². The fraction of sp³-hybridized carbons (Fsp3) is 0.417. The maximum absolute atomic E-state index is 12.7. The van der Waals surface area contributed by atoms with E-state index in [0.717, 1.165) is 32.4 Å². The number of carbonyl (C=O) groups is 2. The minimum atomic E-state index is -0.891. The van der Waals surface area contributed by atoms with E-state index in [1.165, 1.54) is 6.07 Å². The van der Waals surface area contributed by atoms with E-state index < -0.39 is 12.1 Å². The molecule has 0 saturated carbocycles. The molecule has 0 aliphatic heterocycles. The summed E-state index contributed by atoms with van der Waals surface area (Å²) in [5.41, 5.74) is 0.586. The van der Waals surface area contributed by atoms with Gasteiger partial charge < -0.3 is 15.2 Å². The number of nitrogens with one attached hydrogen (secondary N) is 1. The van der Waals surface area contributed by atoms with Crippen LogP contribution in [0.3, 0.4) is 0 Å². The van der Waals surface area contributed by atoms with Gasteiger partial charge in [0.25, 0.3) is 0 Å². The maximum Gasteiger partial charge on any atom is 0.338 e. The van der Waals surface area contributed by atoms with Crippen LogP contribution < -0.4 is 5.32 Å². The molecule has 5 nitrogen and oxygen atoms in total. The van der Waals surface area contributed by atoms with Gasteiger partial charge in [0.1, 0.15) is 5.75 Å². The average Bonchev–Trinajstić information content (AvgIpc) is 2.74. The second kappa shape index (κ2) is 14.4. The molecule has 2 aromatic carbocycles. The van der Waals surface area contributed by atoms with Crippen molar-refractivity contribution >= 4 is 11.8 Å². The predicted octanol–water partition coefficient (Wildman–Crippen LogP) is 5.00. The van der Waals surface area contributed by atoms with Crippen molar-refractivity contribution in [3.8, 4) is 5.75 Å². The first-order valence-corrected chi connectivity index (χ1v) is 10.3. The van der Waals surface area contributed by atoms with E-state index in [-0.39, 0.29) is 17.1 Å². The Morgan fingerprint density at radius 2 is 1.55 bits per heavy atom. The molecule has 0 fully saturated rings. The Kier molecular flexibility index (Phi) is 12.1. The smallest absolute Gasteiger partial charge is 0.338 e. The number of rotatable bonds is 10. The molecule has 0 aliphatic carbocycles. The number of benzene rings is 2. The summed E-state index contributed by atoms with van der Waals surface area (Å²) in [4.78, 5) is 25.0. The Morgan fingerprint density at radius 1 is 0.931 bits per heavy atom. The lowest BCUT2D eigenvalue weighted by atomic mass is 10.0. The SMILES string of the molecule is CCCCCC(OC(=O)c1ccccc1)C(=O)c1ccccc1O.CCNCC. The zero-order valence-corrected chi connectivity index (χ0v) is 17.7. The molecule has 0 spiro atoms. The van der Waals surface area contributed by atoms with Crippen molar-refractivity contribution in [2.45, 2.75) is 52.6 Å². The Hall–Kier alpha value is -2.66. The quantitative estimate of drug-likeness (QED) is 0.334. The normalized spacial score (nSPS) is 11.1. The molecule has 0 bridgehead atoms. The van der Waals surface area contributed by atoms with Crippen molar-refractivity contribution in [1.29, 1.82) is 0 Å². The van der Waals surface area contributed by atoms with Gasteiger partial charge in [-0.2, -0.15) is 0 Å². The first-order chi connectivity index (χ1) is 14.0. The van der Waals surface area contributed by atoms with Crippen LogP contribution in [0.25, 0.3) is 0 Å². The maximum atomic E-state index is 12.7. The van der Waals surface area contributed by atoms with E-state index >= 15 is 0 Å². The summed E-state index contributed by atoms with van der Waals surface area (Å²) >= 11 is 0. The lowest BCUT2D eigenvalue weighted by molar-refractivity contribution is 0.0261. The molecule has 158 valence electrons. The van der Waals surface area contributed by atoms with E-state index in [1.807, 2.05) is 6.07 Å². The number of hydrogen-bond donors (Lipinski definition) is 2. The molecular weight excluding hydrogens is 366 g/mol. The van der Waals surface area contributed by atoms with Gasteiger partial charge in [0.2, 0.25) is 5.78 Å². The van der Waals surface area contributed by atoms with Crippen molar-refractivity contribution in [3.05, 3.63) is 65.7 Å². The van der Waals surface area contributed by atoms with E-state index in [9.17, 15) is 14.7 Å². The van der Waals surface area contributed by atoms with Gasteiger partial charge in [-0.25, -0.2) is 4.79 Å². The van der Waals surface area contributed by atoms with Crippen LogP contribution in [0.2, 0.25) is 0 Å². The van der Waals surface area contributed by atoms with E-state index in [0.29, 0.717) is 12.0 Å². The average molecular weight is 400 g/mol. The number of phenols is 1. The summed E-state index contributed by atoms with van der Waals surface area (Å²) in [7, 11) is 0. The van der Waals surface area contributed by atoms with Gasteiger partial charge in [-0.15, -0.1) is 0 Å². The fourth-order valence-electron chi connectivity index (χ4n) is 2.70. The van der Waals surface area contributed by atoms with Gasteiger partial charge in [0.15, 0.2) is 6.10 Å². The number of ether oxygens (including phenoxy) is 1. The number of para-hydroxylation sites is 1. The van der Waals surface area contributed by atoms with Crippen molar-refractivity contribution in [2.24, 2.45) is 0 Å². The summed E-state index contributed by atoms with van der Waals surface area (Å²) in [6.07, 6.45) is 2.29. The topological polar surface area (TPSA) is 75.6 Å². The summed E-state index contributed by atoms with van der Waals surface area (Å²) in [6, 6.07) is 14.9. The van der Waals surface area contributed by atoms with Crippen LogP contribution in [-0.4, -0.2) is 36.1 Å². The second-order valence-corrected chi connectivity index (χ2v) is 6.59. The number of Topliss-reactive ketones (excluding diaryl/α,β-unsaturated/α-hetero) is 1. The van der Waals surface area contributed by atoms with E-state index in [1.54, 1.807) is 42.5 Å². The highest BCUT2D eigenvalue weighted by atomic mass is 16.5. The van der Waals surface area contributed by atoms with Crippen molar-refractivity contribution in [1.82, 2.24) is 5.32 Å². The first kappa shape index (κ1) is 24.4. The third-order valence-corrected chi connectivity index (χ3v) is 4.29. The Labute approximate surface area is 174 Å². The molecule has 2 N–H and O–H groups in total. The Balaban J connectivity index is 0.000000749. The summed E-state index contributed by atoms with van der Waals surface area (Å²) in [5, 5.41) is 13.0. The molecule has 0 saturated heterocycles. The number of ketones is 1. The molecule has 2 aromatic rings. The number of esters is 1. The van der Waals surface area contributed by atoms with Crippen LogP contribution in [0.5, 0.6) is 5.75 Å². The molecule has 2 rings (SSSR count). The molecular formula is C24H33NO4. The number of hydrogen-bond acceptors (Lipinski definition) is 5. The highest BCUT2D eigenvalue weighted by Crippen LogP contribution is 2.22. The molecule has 0 aliphatic rings. The van der Waals surface area contributed by atoms with Crippen molar-refractivity contribution < 1.29 is 19.4 Å². The third-order valence-electron chi connectivity index (χ3n) is 4.29. The Bertz CT molecular complexity index is 729. The van der Waals surface area contributed by atoms with Gasteiger partial charge in [0.05, 0.1) is 11.1 Å². The number of aromatic hydroxyl groups is 1. The van der Waals surface area contributed by atoms with Crippen LogP contribution in [-0.2, 0) is 4.74 Å². The summed E-state index contributed by atoms with van der Waals surface area (Å²) in [5.74, 6) is -0.992. The third kappa shape index (κ3) is 8.92. The first-order valence-electron chi connectivity index (χ1n) is 10.3. The number of phenolic OH excluding ortho intramolecular Hbond substituents is 1. The molecule has 1 atom stereocenters. The highest BCUT2D eigenvalue weighted by molar-refractivity contribution is 6.03. The van der Waals surface area contributed by atoms with Crippen molar-refractivity contribution in [2.75, 3.05) is 13.1 Å². The summed E-state index contributed by atoms with van der Waals surface area (Å²) < 4.78 is 5.45. The molecule has 0 radical (unpaired) electrons. The highest BCUT2D eigenvalue weighted by Gasteiger charge is 2.26. The minimum Gasteiger partial charge on any atom is -0.507 e. The van der Waals surface area contributed by atoms with E-state index in [2.05, 4.69) is 26.1 Å². The van der Waals surface area contributed by atoms with Gasteiger partial charge in [-0.05, 0) is 50.2 Å². The van der Waals surface area contributed by atoms with Crippen LogP contribution in [0, 0.1) is 0 Å². The van der Waals surface area contributed by atoms with Crippen LogP contribution in [0.15, 0.2) is 54.6 Å². The van der Waals surface area contributed by atoms with Gasteiger partial charge in [-0.3, -0.25) is 4.79 Å². The molecule has 0 aromatic heterocycles. The number of unbranched alkanes of at least 4 members (excludes halogenated alkanes) is 2. The largest absolute Gasteiger partial charge is 0.507 e. The van der Waals surface area contributed by atoms with Crippen molar-refractivity contribution in [3.63, 3.8) is 0 Å². The zero-order valence-electron chi connectivity index (χ0n) is 17.7. The lowest BCUT2D eigenvalue weighted by Crippen LogP contribution is -2.27. The van der Waals surface area contributed by atoms with Gasteiger partial charge in [-0.1, -0.05) is 63.9 Å². The van der Waals surface area contributed by atoms with Crippen LogP contribution in [0.1, 0.15) is 67.2 Å². The fourth-order valence-corrected chi connectivity index (χ4v) is 2.70. The monoisotopic (exact) mass is 399 g/mol. The molecule has 29 heavy (non-hydrogen) atoms.